The van der Waals surface area contributed by atoms with Gasteiger partial charge in [-0.3, -0.25) is 9.89 Å². The summed E-state index contributed by atoms with van der Waals surface area (Å²) in [6, 6.07) is 8.36. The molecule has 2 aromatic heterocycles. The zero-order chi connectivity index (χ0) is 15.5. The summed E-state index contributed by atoms with van der Waals surface area (Å²) in [5.41, 5.74) is 0.502. The molecule has 5 nitrogen and oxygen atoms in total. The Morgan fingerprint density at radius 3 is 2.95 bits per heavy atom. The first-order chi connectivity index (χ1) is 10.6. The molecule has 2 N–H and O–H groups in total. The van der Waals surface area contributed by atoms with E-state index in [2.05, 4.69) is 20.5 Å². The molecule has 0 fully saturated rings. The number of aromatic amines is 1. The minimum absolute atomic E-state index is 0.0560. The average molecular weight is 316 g/mol. The maximum absolute atomic E-state index is 13.7. The summed E-state index contributed by atoms with van der Waals surface area (Å²) >= 11 is 1.55. The fraction of sp³-hybridized carbons (Fsp3) is 0.133. The predicted molar refractivity (Wildman–Crippen MR) is 83.4 cm³/mol. The molecule has 0 unspecified atom stereocenters. The van der Waals surface area contributed by atoms with Gasteiger partial charge in [-0.05, 0) is 30.5 Å². The third kappa shape index (κ3) is 2.89. The van der Waals surface area contributed by atoms with Crippen LogP contribution >= 0.6 is 11.3 Å². The highest BCUT2D eigenvalue weighted by Crippen LogP contribution is 2.22. The minimum atomic E-state index is -0.533. The number of halogens is 1. The molecule has 0 radical (unpaired) electrons. The van der Waals surface area contributed by atoms with Crippen molar-refractivity contribution < 1.29 is 9.18 Å². The number of carbonyl (C=O) groups is 1. The summed E-state index contributed by atoms with van der Waals surface area (Å²) in [4.78, 5) is 16.9. The second-order valence-electron chi connectivity index (χ2n) is 4.66. The summed E-state index contributed by atoms with van der Waals surface area (Å²) < 4.78 is 13.7. The van der Waals surface area contributed by atoms with Crippen LogP contribution in [0.1, 0.15) is 23.1 Å². The lowest BCUT2D eigenvalue weighted by Crippen LogP contribution is -2.08. The molecule has 0 aliphatic heterocycles. The normalized spacial score (nSPS) is 10.6. The van der Waals surface area contributed by atoms with Crippen LogP contribution in [0.15, 0.2) is 35.7 Å². The first-order valence-electron chi connectivity index (χ1n) is 6.63. The van der Waals surface area contributed by atoms with Crippen LogP contribution < -0.4 is 5.32 Å². The van der Waals surface area contributed by atoms with E-state index in [-0.39, 0.29) is 11.3 Å². The molecule has 3 aromatic rings. The number of rotatable bonds is 5. The molecule has 0 spiro atoms. The molecule has 7 heteroatoms. The van der Waals surface area contributed by atoms with Crippen molar-refractivity contribution in [2.45, 2.75) is 13.5 Å². The largest absolute Gasteiger partial charge is 0.377 e. The second-order valence-corrected chi connectivity index (χ2v) is 5.60. The average Bonchev–Trinajstić information content (AvgIpc) is 3.15. The number of nitrogens with one attached hydrogen (secondary N) is 2. The van der Waals surface area contributed by atoms with E-state index in [0.717, 1.165) is 4.88 Å². The Kier molecular flexibility index (Phi) is 3.97. The molecular weight excluding hydrogens is 303 g/mol. The third-order valence-corrected chi connectivity index (χ3v) is 3.95. The van der Waals surface area contributed by atoms with Gasteiger partial charge in [-0.1, -0.05) is 12.1 Å². The fourth-order valence-electron chi connectivity index (χ4n) is 2.10. The van der Waals surface area contributed by atoms with Gasteiger partial charge in [0.2, 0.25) is 0 Å². The molecular formula is C15H13FN4OS. The van der Waals surface area contributed by atoms with Gasteiger partial charge in [-0.2, -0.15) is 5.10 Å². The highest BCUT2D eigenvalue weighted by atomic mass is 32.1. The van der Waals surface area contributed by atoms with Crippen molar-refractivity contribution >= 4 is 22.8 Å². The Labute approximate surface area is 130 Å². The summed E-state index contributed by atoms with van der Waals surface area (Å²) in [5, 5.41) is 11.9. The maximum atomic E-state index is 13.7. The summed E-state index contributed by atoms with van der Waals surface area (Å²) in [6.45, 7) is 1.66. The Morgan fingerprint density at radius 2 is 2.23 bits per heavy atom. The SMILES string of the molecule is CC(=O)c1c(F)cccc1NCc1nc(-c2cccs2)n[nH]1. The quantitative estimate of drug-likeness (QED) is 0.707. The third-order valence-electron chi connectivity index (χ3n) is 3.09. The van der Waals surface area contributed by atoms with Gasteiger partial charge in [0, 0.05) is 5.69 Å². The molecule has 0 saturated heterocycles. The van der Waals surface area contributed by atoms with E-state index in [1.807, 2.05) is 17.5 Å². The van der Waals surface area contributed by atoms with Gasteiger partial charge >= 0.3 is 0 Å². The van der Waals surface area contributed by atoms with Crippen molar-refractivity contribution in [3.63, 3.8) is 0 Å². The molecule has 0 amide bonds. The van der Waals surface area contributed by atoms with Crippen LogP contribution in [-0.4, -0.2) is 21.0 Å². The van der Waals surface area contributed by atoms with E-state index in [4.69, 9.17) is 0 Å². The zero-order valence-electron chi connectivity index (χ0n) is 11.8. The number of thiophene rings is 1. The van der Waals surface area contributed by atoms with E-state index in [1.165, 1.54) is 13.0 Å². The molecule has 112 valence electrons. The minimum Gasteiger partial charge on any atom is -0.377 e. The standard InChI is InChI=1S/C15H13FN4OS/c1-9(21)14-10(16)4-2-5-11(14)17-8-13-18-15(20-19-13)12-6-3-7-22-12/h2-7,17H,8H2,1H3,(H,18,19,20). The number of nitrogens with zero attached hydrogens (tertiary/aromatic N) is 2. The first-order valence-corrected chi connectivity index (χ1v) is 7.51. The summed E-state index contributed by atoms with van der Waals surface area (Å²) in [6.07, 6.45) is 0. The number of aromatic nitrogens is 3. The van der Waals surface area contributed by atoms with E-state index in [0.29, 0.717) is 23.9 Å². The van der Waals surface area contributed by atoms with Gasteiger partial charge in [0.15, 0.2) is 11.6 Å². The summed E-state index contributed by atoms with van der Waals surface area (Å²) in [7, 11) is 0. The Bertz CT molecular complexity index is 798. The van der Waals surface area contributed by atoms with E-state index in [9.17, 15) is 9.18 Å². The van der Waals surface area contributed by atoms with Crippen LogP contribution in [0.3, 0.4) is 0 Å². The Hall–Kier alpha value is -2.54. The number of carbonyl (C=O) groups excluding carboxylic acids is 1. The number of Topliss-reactive ketones (excluding diaryl/α,β-unsaturated/α-hetero) is 1. The van der Waals surface area contributed by atoms with E-state index < -0.39 is 5.82 Å². The lowest BCUT2D eigenvalue weighted by molar-refractivity contribution is 0.101. The highest BCUT2D eigenvalue weighted by Gasteiger charge is 2.13. The smallest absolute Gasteiger partial charge is 0.191 e. The van der Waals surface area contributed by atoms with Crippen molar-refractivity contribution in [3.8, 4) is 10.7 Å². The van der Waals surface area contributed by atoms with Gasteiger partial charge in [0.05, 0.1) is 17.0 Å². The number of hydrogen-bond acceptors (Lipinski definition) is 5. The first kappa shape index (κ1) is 14.4. The number of hydrogen-bond donors (Lipinski definition) is 2. The van der Waals surface area contributed by atoms with Crippen LogP contribution in [0, 0.1) is 5.82 Å². The van der Waals surface area contributed by atoms with Crippen molar-refractivity contribution in [1.82, 2.24) is 15.2 Å². The van der Waals surface area contributed by atoms with Crippen molar-refractivity contribution in [3.05, 3.63) is 52.9 Å². The van der Waals surface area contributed by atoms with Gasteiger partial charge in [-0.15, -0.1) is 11.3 Å². The van der Waals surface area contributed by atoms with Gasteiger partial charge in [0.25, 0.3) is 0 Å². The van der Waals surface area contributed by atoms with Gasteiger partial charge in [0.1, 0.15) is 11.6 Å². The molecule has 0 saturated carbocycles. The van der Waals surface area contributed by atoms with Gasteiger partial charge < -0.3 is 5.32 Å². The molecule has 0 aliphatic carbocycles. The van der Waals surface area contributed by atoms with Crippen molar-refractivity contribution in [1.29, 1.82) is 0 Å². The van der Waals surface area contributed by atoms with Crippen molar-refractivity contribution in [2.75, 3.05) is 5.32 Å². The molecule has 2 heterocycles. The van der Waals surface area contributed by atoms with Crippen molar-refractivity contribution in [2.24, 2.45) is 0 Å². The molecule has 3 rings (SSSR count). The lowest BCUT2D eigenvalue weighted by Gasteiger charge is -2.09. The monoisotopic (exact) mass is 316 g/mol. The predicted octanol–water partition coefficient (Wildman–Crippen LogP) is 3.49. The fourth-order valence-corrected chi connectivity index (χ4v) is 2.76. The van der Waals surface area contributed by atoms with Crippen LogP contribution in [0.2, 0.25) is 0 Å². The Balaban J connectivity index is 1.76. The van der Waals surface area contributed by atoms with Crippen LogP contribution in [-0.2, 0) is 6.54 Å². The molecule has 0 aliphatic rings. The number of H-pyrrole nitrogens is 1. The lowest BCUT2D eigenvalue weighted by atomic mass is 10.1. The summed E-state index contributed by atoms with van der Waals surface area (Å²) in [5.74, 6) is 0.381. The van der Waals surface area contributed by atoms with Crippen LogP contribution in [0.4, 0.5) is 10.1 Å². The highest BCUT2D eigenvalue weighted by molar-refractivity contribution is 7.13. The molecule has 22 heavy (non-hydrogen) atoms. The molecule has 1 aromatic carbocycles. The molecule has 0 bridgehead atoms. The number of benzene rings is 1. The number of anilines is 1. The Morgan fingerprint density at radius 1 is 1.36 bits per heavy atom. The topological polar surface area (TPSA) is 70.7 Å². The number of ketones is 1. The van der Waals surface area contributed by atoms with E-state index >= 15 is 0 Å². The van der Waals surface area contributed by atoms with Crippen LogP contribution in [0.25, 0.3) is 10.7 Å². The molecule has 0 atom stereocenters. The van der Waals surface area contributed by atoms with E-state index in [1.54, 1.807) is 23.5 Å². The second kappa shape index (κ2) is 6.07. The zero-order valence-corrected chi connectivity index (χ0v) is 12.6. The van der Waals surface area contributed by atoms with Gasteiger partial charge in [-0.25, -0.2) is 9.37 Å². The maximum Gasteiger partial charge on any atom is 0.191 e. The van der Waals surface area contributed by atoms with Crippen LogP contribution in [0.5, 0.6) is 0 Å².